The maximum absolute atomic E-state index is 13.2. The van der Waals surface area contributed by atoms with Crippen molar-refractivity contribution in [3.63, 3.8) is 0 Å². The molecular weight excluding hydrogens is 413 g/mol. The predicted octanol–water partition coefficient (Wildman–Crippen LogP) is 5.14. The molecule has 0 aliphatic carbocycles. The summed E-state index contributed by atoms with van der Waals surface area (Å²) in [6.45, 7) is 2.72. The minimum Gasteiger partial charge on any atom is -0.333 e. The molecule has 0 bridgehead atoms. The van der Waals surface area contributed by atoms with Gasteiger partial charge < -0.3 is 10.6 Å². The van der Waals surface area contributed by atoms with Crippen molar-refractivity contribution in [2.24, 2.45) is 11.7 Å². The molecule has 3 unspecified atom stereocenters. The summed E-state index contributed by atoms with van der Waals surface area (Å²) >= 11 is 1.70. The molecule has 7 heteroatoms. The molecule has 150 valence electrons. The van der Waals surface area contributed by atoms with Gasteiger partial charge in [0.2, 0.25) is 5.91 Å². The van der Waals surface area contributed by atoms with Crippen LogP contribution in [-0.4, -0.2) is 22.3 Å². The van der Waals surface area contributed by atoms with Crippen LogP contribution in [0.3, 0.4) is 0 Å². The number of para-hydroxylation sites is 1. The SMILES string of the molecule is CC(C(=O)N1CCCC1c1nc2ccccc2s1)C(N)c1ccccc1.Cl.Cl. The van der Waals surface area contributed by atoms with E-state index in [1.54, 1.807) is 11.3 Å². The fourth-order valence-electron chi connectivity index (χ4n) is 3.70. The smallest absolute Gasteiger partial charge is 0.227 e. The van der Waals surface area contributed by atoms with Crippen LogP contribution in [0.4, 0.5) is 0 Å². The first kappa shape index (κ1) is 22.6. The van der Waals surface area contributed by atoms with Crippen LogP contribution in [0, 0.1) is 5.92 Å². The number of benzene rings is 2. The van der Waals surface area contributed by atoms with Gasteiger partial charge in [0.1, 0.15) is 5.01 Å². The number of carbonyl (C=O) groups excluding carboxylic acids is 1. The third-order valence-corrected chi connectivity index (χ3v) is 6.38. The number of aromatic nitrogens is 1. The lowest BCUT2D eigenvalue weighted by Gasteiger charge is -2.29. The number of halogens is 2. The summed E-state index contributed by atoms with van der Waals surface area (Å²) in [4.78, 5) is 20.0. The molecule has 2 heterocycles. The zero-order valence-electron chi connectivity index (χ0n) is 15.7. The number of nitrogens with zero attached hydrogens (tertiary/aromatic N) is 2. The minimum absolute atomic E-state index is 0. The number of nitrogens with two attached hydrogens (primary N) is 1. The third kappa shape index (κ3) is 4.33. The summed E-state index contributed by atoms with van der Waals surface area (Å²) in [7, 11) is 0. The number of carbonyl (C=O) groups is 1. The number of thiazole rings is 1. The lowest BCUT2D eigenvalue weighted by Crippen LogP contribution is -2.39. The van der Waals surface area contributed by atoms with E-state index >= 15 is 0 Å². The van der Waals surface area contributed by atoms with Gasteiger partial charge in [-0.2, -0.15) is 0 Å². The van der Waals surface area contributed by atoms with Crippen molar-refractivity contribution in [2.45, 2.75) is 31.8 Å². The fourth-order valence-corrected chi connectivity index (χ4v) is 4.81. The number of amides is 1. The fraction of sp³-hybridized carbons (Fsp3) is 0.333. The first-order valence-corrected chi connectivity index (χ1v) is 9.93. The zero-order chi connectivity index (χ0) is 18.1. The largest absolute Gasteiger partial charge is 0.333 e. The number of hydrogen-bond acceptors (Lipinski definition) is 4. The normalized spacial score (nSPS) is 18.2. The maximum Gasteiger partial charge on any atom is 0.227 e. The topological polar surface area (TPSA) is 59.2 Å². The predicted molar refractivity (Wildman–Crippen MR) is 120 cm³/mol. The monoisotopic (exact) mass is 437 g/mol. The second kappa shape index (κ2) is 9.70. The van der Waals surface area contributed by atoms with Crippen LogP contribution in [0.15, 0.2) is 54.6 Å². The highest BCUT2D eigenvalue weighted by Gasteiger charge is 2.36. The van der Waals surface area contributed by atoms with Crippen molar-refractivity contribution in [3.8, 4) is 0 Å². The second-order valence-electron chi connectivity index (χ2n) is 6.93. The molecule has 3 atom stereocenters. The number of likely N-dealkylation sites (tertiary alicyclic amines) is 1. The minimum atomic E-state index is -0.291. The summed E-state index contributed by atoms with van der Waals surface area (Å²) in [6.07, 6.45) is 1.98. The molecule has 3 aromatic rings. The van der Waals surface area contributed by atoms with Gasteiger partial charge in [0, 0.05) is 12.6 Å². The molecule has 1 aliphatic rings. The number of fused-ring (bicyclic) bond motifs is 1. The summed E-state index contributed by atoms with van der Waals surface area (Å²) in [5.41, 5.74) is 8.41. The summed E-state index contributed by atoms with van der Waals surface area (Å²) < 4.78 is 1.18. The van der Waals surface area contributed by atoms with Gasteiger partial charge in [-0.3, -0.25) is 4.79 Å². The molecule has 1 amide bonds. The van der Waals surface area contributed by atoms with Crippen LogP contribution in [0.2, 0.25) is 0 Å². The quantitative estimate of drug-likeness (QED) is 0.614. The van der Waals surface area contributed by atoms with E-state index in [4.69, 9.17) is 10.7 Å². The molecule has 1 saturated heterocycles. The van der Waals surface area contributed by atoms with E-state index in [2.05, 4.69) is 6.07 Å². The van der Waals surface area contributed by atoms with E-state index in [0.29, 0.717) is 0 Å². The van der Waals surface area contributed by atoms with Crippen molar-refractivity contribution in [2.75, 3.05) is 6.54 Å². The maximum atomic E-state index is 13.2. The lowest BCUT2D eigenvalue weighted by atomic mass is 9.94. The number of rotatable bonds is 4. The van der Waals surface area contributed by atoms with Gasteiger partial charge in [-0.1, -0.05) is 49.4 Å². The highest BCUT2D eigenvalue weighted by atomic mass is 35.5. The van der Waals surface area contributed by atoms with E-state index in [-0.39, 0.29) is 48.7 Å². The van der Waals surface area contributed by atoms with Crippen molar-refractivity contribution in [1.82, 2.24) is 9.88 Å². The zero-order valence-corrected chi connectivity index (χ0v) is 18.1. The van der Waals surface area contributed by atoms with Crippen molar-refractivity contribution in [1.29, 1.82) is 0 Å². The molecule has 4 nitrogen and oxygen atoms in total. The Labute approximate surface area is 182 Å². The van der Waals surface area contributed by atoms with Crippen LogP contribution in [0.5, 0.6) is 0 Å². The second-order valence-corrected chi connectivity index (χ2v) is 8.00. The Morgan fingerprint density at radius 1 is 1.14 bits per heavy atom. The molecule has 1 aromatic heterocycles. The van der Waals surface area contributed by atoms with Crippen LogP contribution in [0.25, 0.3) is 10.2 Å². The molecular formula is C21H25Cl2N3OS. The van der Waals surface area contributed by atoms with Crippen LogP contribution in [-0.2, 0) is 4.79 Å². The van der Waals surface area contributed by atoms with Crippen molar-refractivity contribution in [3.05, 3.63) is 65.2 Å². The standard InChI is InChI=1S/C21H23N3OS.2ClH/c1-14(19(22)15-8-3-2-4-9-15)21(25)24-13-7-11-17(24)20-23-16-10-5-6-12-18(16)26-20;;/h2-6,8-10,12,14,17,19H,7,11,13,22H2,1H3;2*1H. The van der Waals surface area contributed by atoms with Gasteiger partial charge in [-0.15, -0.1) is 36.2 Å². The molecule has 2 aromatic carbocycles. The Kier molecular flexibility index (Phi) is 7.84. The van der Waals surface area contributed by atoms with E-state index < -0.39 is 0 Å². The molecule has 4 rings (SSSR count). The molecule has 0 spiro atoms. The van der Waals surface area contributed by atoms with Gasteiger partial charge in [0.05, 0.1) is 22.2 Å². The van der Waals surface area contributed by atoms with Gasteiger partial charge >= 0.3 is 0 Å². The summed E-state index contributed by atoms with van der Waals surface area (Å²) in [5, 5.41) is 1.04. The van der Waals surface area contributed by atoms with E-state index in [1.165, 1.54) is 4.70 Å². The van der Waals surface area contributed by atoms with Gasteiger partial charge in [0.15, 0.2) is 0 Å². The lowest BCUT2D eigenvalue weighted by molar-refractivity contribution is -0.136. The first-order chi connectivity index (χ1) is 12.6. The Bertz CT molecular complexity index is 885. The Morgan fingerprint density at radius 3 is 2.54 bits per heavy atom. The average molecular weight is 438 g/mol. The molecule has 0 radical (unpaired) electrons. The summed E-state index contributed by atoms with van der Waals surface area (Å²) in [6, 6.07) is 17.8. The van der Waals surface area contributed by atoms with E-state index in [1.807, 2.05) is 60.4 Å². The van der Waals surface area contributed by atoms with Crippen molar-refractivity contribution >= 4 is 52.3 Å². The summed E-state index contributed by atoms with van der Waals surface area (Å²) in [5.74, 6) is -0.129. The van der Waals surface area contributed by atoms with E-state index in [0.717, 1.165) is 35.5 Å². The molecule has 2 N–H and O–H groups in total. The van der Waals surface area contributed by atoms with Crippen LogP contribution in [0.1, 0.15) is 42.4 Å². The van der Waals surface area contributed by atoms with Gasteiger partial charge in [-0.25, -0.2) is 4.98 Å². The van der Waals surface area contributed by atoms with Gasteiger partial charge in [-0.05, 0) is 30.5 Å². The Morgan fingerprint density at radius 2 is 1.82 bits per heavy atom. The molecule has 1 fully saturated rings. The first-order valence-electron chi connectivity index (χ1n) is 9.11. The Hall–Kier alpha value is -1.66. The Balaban J connectivity index is 0.00000140. The highest BCUT2D eigenvalue weighted by molar-refractivity contribution is 7.18. The highest BCUT2D eigenvalue weighted by Crippen LogP contribution is 2.38. The molecule has 1 aliphatic heterocycles. The van der Waals surface area contributed by atoms with Crippen LogP contribution >= 0.6 is 36.2 Å². The molecule has 0 saturated carbocycles. The number of hydrogen-bond donors (Lipinski definition) is 1. The van der Waals surface area contributed by atoms with Gasteiger partial charge in [0.25, 0.3) is 0 Å². The molecule has 28 heavy (non-hydrogen) atoms. The van der Waals surface area contributed by atoms with E-state index in [9.17, 15) is 4.79 Å². The average Bonchev–Trinajstić information content (AvgIpc) is 3.33. The van der Waals surface area contributed by atoms with Crippen LogP contribution < -0.4 is 5.73 Å². The van der Waals surface area contributed by atoms with Crippen molar-refractivity contribution < 1.29 is 4.79 Å². The third-order valence-electron chi connectivity index (χ3n) is 5.24.